The maximum Gasteiger partial charge on any atom is -1.00 e. The van der Waals surface area contributed by atoms with E-state index >= 15 is 0 Å². The molecule has 0 bridgehead atoms. The molecule has 0 saturated carbocycles. The van der Waals surface area contributed by atoms with Crippen LogP contribution in [0.2, 0.25) is 10.0 Å². The summed E-state index contributed by atoms with van der Waals surface area (Å²) in [6.07, 6.45) is 8.52. The topological polar surface area (TPSA) is 0 Å². The number of rotatable bonds is 6. The van der Waals surface area contributed by atoms with Crippen molar-refractivity contribution in [2.45, 2.75) is 47.0 Å². The summed E-state index contributed by atoms with van der Waals surface area (Å²) < 4.78 is 4.70. The van der Waals surface area contributed by atoms with Crippen LogP contribution in [0.15, 0.2) is 112 Å². The molecule has 1 atom stereocenters. The van der Waals surface area contributed by atoms with Crippen molar-refractivity contribution in [3.63, 3.8) is 0 Å². The van der Waals surface area contributed by atoms with Gasteiger partial charge in [-0.15, -0.1) is 0 Å². The molecule has 2 aliphatic carbocycles. The minimum atomic E-state index is -2.88. The molecule has 4 aromatic carbocycles. The van der Waals surface area contributed by atoms with Crippen LogP contribution in [0.4, 0.5) is 0 Å². The molecule has 0 spiro atoms. The number of halogens is 4. The summed E-state index contributed by atoms with van der Waals surface area (Å²) in [4.78, 5) is 0. The predicted octanol–water partition coefficient (Wildman–Crippen LogP) is 4.37. The third kappa shape index (κ3) is 6.93. The van der Waals surface area contributed by atoms with Crippen molar-refractivity contribution in [1.29, 1.82) is 0 Å². The molecular formula is C38H36Cl4Zr. The molecule has 0 N–H and O–H groups in total. The van der Waals surface area contributed by atoms with E-state index in [2.05, 4.69) is 119 Å². The van der Waals surface area contributed by atoms with Crippen LogP contribution in [-0.4, -0.2) is 3.21 Å². The van der Waals surface area contributed by atoms with Crippen LogP contribution in [0.3, 0.4) is 0 Å². The first-order valence-corrected chi connectivity index (χ1v) is 19.1. The van der Waals surface area contributed by atoms with E-state index in [0.29, 0.717) is 5.92 Å². The van der Waals surface area contributed by atoms with Crippen LogP contribution in [0, 0.1) is 11.3 Å². The zero-order valence-electron chi connectivity index (χ0n) is 25.0. The molecule has 0 aromatic heterocycles. The van der Waals surface area contributed by atoms with Crippen LogP contribution < -0.4 is 28.1 Å². The molecule has 43 heavy (non-hydrogen) atoms. The van der Waals surface area contributed by atoms with Gasteiger partial charge < -0.3 is 24.8 Å². The van der Waals surface area contributed by atoms with Crippen molar-refractivity contribution in [2.75, 3.05) is 0 Å². The summed E-state index contributed by atoms with van der Waals surface area (Å²) in [7, 11) is 0. The van der Waals surface area contributed by atoms with Crippen LogP contribution >= 0.6 is 23.2 Å². The Bertz CT molecular complexity index is 1690. The van der Waals surface area contributed by atoms with Gasteiger partial charge in [-0.1, -0.05) is 0 Å². The zero-order chi connectivity index (χ0) is 28.7. The fraction of sp³-hybridized carbons (Fsp3) is 0.237. The Kier molecular flexibility index (Phi) is 11.2. The van der Waals surface area contributed by atoms with E-state index in [4.69, 9.17) is 23.2 Å². The minimum Gasteiger partial charge on any atom is -1.00 e. The molecular weight excluding hydrogens is 689 g/mol. The van der Waals surface area contributed by atoms with Gasteiger partial charge in [-0.3, -0.25) is 0 Å². The van der Waals surface area contributed by atoms with E-state index in [9.17, 15) is 0 Å². The van der Waals surface area contributed by atoms with Gasteiger partial charge in [0.15, 0.2) is 0 Å². The van der Waals surface area contributed by atoms with Gasteiger partial charge in [-0.05, 0) is 0 Å². The van der Waals surface area contributed by atoms with Crippen molar-refractivity contribution in [2.24, 2.45) is 11.3 Å². The largest absolute Gasteiger partial charge is 1.00 e. The van der Waals surface area contributed by atoms with E-state index in [0.717, 1.165) is 22.9 Å². The number of allylic oxidation sites excluding steroid dienone is 4. The summed E-state index contributed by atoms with van der Waals surface area (Å²) in [6, 6.07) is 33.0. The zero-order valence-corrected chi connectivity index (χ0v) is 30.5. The Morgan fingerprint density at radius 2 is 1.40 bits per heavy atom. The molecule has 1 unspecified atom stereocenters. The predicted molar refractivity (Wildman–Crippen MR) is 174 cm³/mol. The average molecular weight is 726 g/mol. The smallest absolute Gasteiger partial charge is 1.00 e. The van der Waals surface area contributed by atoms with Gasteiger partial charge in [0, 0.05) is 0 Å². The van der Waals surface area contributed by atoms with E-state index in [1.54, 1.807) is 6.55 Å². The van der Waals surface area contributed by atoms with E-state index < -0.39 is 21.3 Å². The summed E-state index contributed by atoms with van der Waals surface area (Å²) >= 11 is 10.5. The second-order valence-corrected chi connectivity index (χ2v) is 19.0. The monoisotopic (exact) mass is 722 g/mol. The molecule has 0 fully saturated rings. The molecule has 0 radical (unpaired) electrons. The molecule has 4 aromatic rings. The van der Waals surface area contributed by atoms with E-state index in [1.165, 1.54) is 48.6 Å². The van der Waals surface area contributed by atoms with Gasteiger partial charge in [-0.2, -0.15) is 0 Å². The van der Waals surface area contributed by atoms with Gasteiger partial charge in [0.2, 0.25) is 0 Å². The molecule has 0 saturated heterocycles. The molecule has 5 heteroatoms. The summed E-state index contributed by atoms with van der Waals surface area (Å²) in [5, 5.41) is 1.55. The average Bonchev–Trinajstić information content (AvgIpc) is 3.54. The number of hydrogen-bond donors (Lipinski definition) is 0. The van der Waals surface area contributed by atoms with Gasteiger partial charge in [0.05, 0.1) is 0 Å². The van der Waals surface area contributed by atoms with Crippen LogP contribution in [0.25, 0.3) is 11.1 Å². The van der Waals surface area contributed by atoms with Crippen molar-refractivity contribution in [1.82, 2.24) is 0 Å². The molecule has 0 aliphatic heterocycles. The molecule has 220 valence electrons. The van der Waals surface area contributed by atoms with Crippen molar-refractivity contribution < 1.29 is 46.1 Å². The van der Waals surface area contributed by atoms with Gasteiger partial charge in [0.1, 0.15) is 0 Å². The summed E-state index contributed by atoms with van der Waals surface area (Å²) in [6.45, 7) is 9.36. The van der Waals surface area contributed by atoms with Crippen molar-refractivity contribution >= 4 is 29.7 Å². The standard InChI is InChI=1S/C13H8Cl2.C13H9.C12H19.2ClH.Zr/c14-12-5-1-3-10(8-12)7-11-4-2-6-13(15)9-11;1-3-7-12-10(5-1)9-11-6-2-4-8-13(11)12;1-5-6-10-7-8-11(9-10)12(2,3)4;;;/h1-6,8-9H;1-5,7-8H,9H2;8-10H,5-6H2,1-4H3;2*1H;/q;;;;;+2/p-2. The first-order valence-electron chi connectivity index (χ1n) is 14.7. The van der Waals surface area contributed by atoms with Gasteiger partial charge in [0.25, 0.3) is 0 Å². The Labute approximate surface area is 287 Å². The molecule has 0 nitrogen and oxygen atoms in total. The SMILES string of the molecule is CCCC1C=C(C(C)(C)C)C=[C]1[Zr+2](=[C](c1cccc(Cl)c1)c1cccc(Cl)c1)[c]1cccc2c1Cc1ccccc1-2.[Cl-].[Cl-]. The quantitative estimate of drug-likeness (QED) is 0.244. The van der Waals surface area contributed by atoms with E-state index in [1.807, 2.05) is 12.1 Å². The maximum atomic E-state index is 6.69. The summed E-state index contributed by atoms with van der Waals surface area (Å²) in [5.41, 5.74) is 9.76. The fourth-order valence-electron chi connectivity index (χ4n) is 6.47. The molecule has 0 amide bonds. The second kappa shape index (κ2) is 14.1. The van der Waals surface area contributed by atoms with Crippen LogP contribution in [0.5, 0.6) is 0 Å². The Balaban J connectivity index is 0.00000212. The Hall–Kier alpha value is -1.73. The summed E-state index contributed by atoms with van der Waals surface area (Å²) in [5.74, 6) is 0.455. The molecule has 0 heterocycles. The number of benzene rings is 4. The van der Waals surface area contributed by atoms with Crippen LogP contribution in [0.1, 0.15) is 62.8 Å². The Morgan fingerprint density at radius 3 is 2.00 bits per heavy atom. The fourth-order valence-corrected chi connectivity index (χ4v) is 15.3. The van der Waals surface area contributed by atoms with Crippen molar-refractivity contribution in [3.8, 4) is 11.1 Å². The van der Waals surface area contributed by atoms with Gasteiger partial charge >= 0.3 is 265 Å². The Morgan fingerprint density at radius 1 is 0.791 bits per heavy atom. The second-order valence-electron chi connectivity index (χ2n) is 12.3. The van der Waals surface area contributed by atoms with Crippen molar-refractivity contribution in [3.05, 3.63) is 144 Å². The van der Waals surface area contributed by atoms with E-state index in [-0.39, 0.29) is 30.2 Å². The third-order valence-corrected chi connectivity index (χ3v) is 16.7. The number of fused-ring (bicyclic) bond motifs is 3. The number of hydrogen-bond acceptors (Lipinski definition) is 0. The molecule has 2 aliphatic rings. The normalized spacial score (nSPS) is 14.8. The van der Waals surface area contributed by atoms with Gasteiger partial charge in [-0.25, -0.2) is 0 Å². The first kappa shape index (κ1) is 34.2. The maximum absolute atomic E-state index is 6.69. The third-order valence-electron chi connectivity index (χ3n) is 8.44. The minimum absolute atomic E-state index is 0. The molecule has 6 rings (SSSR count). The first-order chi connectivity index (χ1) is 19.7. The van der Waals surface area contributed by atoms with Crippen LogP contribution in [-0.2, 0) is 27.7 Å².